The van der Waals surface area contributed by atoms with E-state index < -0.39 is 29.5 Å². The highest BCUT2D eigenvalue weighted by Crippen LogP contribution is 2.29. The summed E-state index contributed by atoms with van der Waals surface area (Å²) in [5.74, 6) is -0.599. The third-order valence-electron chi connectivity index (χ3n) is 7.26. The third kappa shape index (κ3) is 10.1. The Hall–Kier alpha value is -4.92. The van der Waals surface area contributed by atoms with Crippen LogP contribution in [0, 0.1) is 0 Å². The first kappa shape index (κ1) is 33.0. The highest BCUT2D eigenvalue weighted by atomic mass is 16.6. The van der Waals surface area contributed by atoms with Crippen LogP contribution in [0.25, 0.3) is 0 Å². The van der Waals surface area contributed by atoms with Crippen LogP contribution in [0.15, 0.2) is 84.9 Å². The Morgan fingerprint density at radius 2 is 1.60 bits per heavy atom. The van der Waals surface area contributed by atoms with E-state index in [-0.39, 0.29) is 18.4 Å². The smallest absolute Gasteiger partial charge is 0.408 e. The van der Waals surface area contributed by atoms with E-state index in [1.165, 1.54) is 24.8 Å². The Labute approximate surface area is 264 Å². The molecule has 1 aliphatic carbocycles. The third-order valence-corrected chi connectivity index (χ3v) is 7.26. The molecular formula is C36H40N2O7. The molecule has 2 amide bonds. The Bertz CT molecular complexity index is 1520. The van der Waals surface area contributed by atoms with Crippen LogP contribution < -0.4 is 15.4 Å². The minimum Gasteiger partial charge on any atom is -0.489 e. The Balaban J connectivity index is 1.38. The van der Waals surface area contributed by atoms with Crippen molar-refractivity contribution < 1.29 is 33.4 Å². The normalized spacial score (nSPS) is 15.0. The van der Waals surface area contributed by atoms with E-state index in [0.29, 0.717) is 17.9 Å². The minimum absolute atomic E-state index is 0.113. The van der Waals surface area contributed by atoms with Crippen LogP contribution in [0.5, 0.6) is 5.75 Å². The summed E-state index contributed by atoms with van der Waals surface area (Å²) in [6, 6.07) is 21.1. The number of carbonyl (C=O) groups is 4. The molecule has 1 unspecified atom stereocenters. The number of alkyl carbamates (subject to hydrolysis) is 1. The Morgan fingerprint density at radius 3 is 2.29 bits per heavy atom. The van der Waals surface area contributed by atoms with Gasteiger partial charge in [-0.3, -0.25) is 9.59 Å². The Morgan fingerprint density at radius 1 is 0.911 bits per heavy atom. The molecule has 3 aromatic rings. The fraction of sp³-hybridized carbons (Fsp3) is 0.333. The lowest BCUT2D eigenvalue weighted by Crippen LogP contribution is -2.44. The lowest BCUT2D eigenvalue weighted by atomic mass is 9.88. The maximum Gasteiger partial charge on any atom is 0.408 e. The Kier molecular flexibility index (Phi) is 11.1. The molecule has 3 aromatic carbocycles. The number of amides is 2. The van der Waals surface area contributed by atoms with E-state index >= 15 is 0 Å². The molecule has 9 heteroatoms. The number of nitrogens with one attached hydrogen (secondary N) is 2. The van der Waals surface area contributed by atoms with Crippen LogP contribution in [-0.4, -0.2) is 42.5 Å². The molecule has 0 saturated carbocycles. The zero-order valence-corrected chi connectivity index (χ0v) is 26.1. The van der Waals surface area contributed by atoms with Crippen LogP contribution in [0.2, 0.25) is 0 Å². The molecule has 0 aromatic heterocycles. The lowest BCUT2D eigenvalue weighted by Gasteiger charge is -2.25. The van der Waals surface area contributed by atoms with Crippen LogP contribution in [-0.2, 0) is 38.5 Å². The number of esters is 1. The lowest BCUT2D eigenvalue weighted by molar-refractivity contribution is -0.119. The number of hydrogen-bond donors (Lipinski definition) is 2. The van der Waals surface area contributed by atoms with Crippen molar-refractivity contribution >= 4 is 23.8 Å². The van der Waals surface area contributed by atoms with E-state index in [2.05, 4.69) is 16.7 Å². The molecule has 2 atom stereocenters. The number of carbonyl (C=O) groups excluding carboxylic acids is 4. The molecule has 0 saturated heterocycles. The van der Waals surface area contributed by atoms with Gasteiger partial charge in [-0.15, -0.1) is 0 Å². The van der Waals surface area contributed by atoms with Gasteiger partial charge in [-0.05, 0) is 92.6 Å². The molecule has 4 rings (SSSR count). The molecule has 0 heterocycles. The molecule has 2 N–H and O–H groups in total. The van der Waals surface area contributed by atoms with Gasteiger partial charge in [0.1, 0.15) is 18.0 Å². The van der Waals surface area contributed by atoms with Crippen LogP contribution >= 0.6 is 0 Å². The first-order chi connectivity index (χ1) is 21.5. The number of fused-ring (bicyclic) bond motifs is 1. The summed E-state index contributed by atoms with van der Waals surface area (Å²) >= 11 is 0. The molecule has 0 radical (unpaired) electrons. The average molecular weight is 613 g/mol. The van der Waals surface area contributed by atoms with Crippen molar-refractivity contribution in [2.45, 2.75) is 70.7 Å². The van der Waals surface area contributed by atoms with Crippen molar-refractivity contribution in [2.75, 3.05) is 7.11 Å². The van der Waals surface area contributed by atoms with E-state index in [0.717, 1.165) is 36.0 Å². The van der Waals surface area contributed by atoms with Crippen LogP contribution in [0.1, 0.15) is 72.3 Å². The van der Waals surface area contributed by atoms with Crippen molar-refractivity contribution in [1.82, 2.24) is 10.6 Å². The van der Waals surface area contributed by atoms with Gasteiger partial charge >= 0.3 is 12.1 Å². The summed E-state index contributed by atoms with van der Waals surface area (Å²) in [6.07, 6.45) is 4.65. The van der Waals surface area contributed by atoms with Gasteiger partial charge in [0.05, 0.1) is 24.8 Å². The number of aryl methyl sites for hydroxylation is 1. The minimum atomic E-state index is -0.959. The summed E-state index contributed by atoms with van der Waals surface area (Å²) in [7, 11) is 1.34. The number of rotatable bonds is 11. The largest absolute Gasteiger partial charge is 0.489 e. The SMILES string of the molecule is COC(=O)c1ccc(COc2ccc(CC(NC(=O)OC(C)(C)C)C(=O)/C=C/C(=O)N[C@@H]3CCCc4ccccc43)cc2)cc1. The first-order valence-electron chi connectivity index (χ1n) is 15.0. The molecule has 0 spiro atoms. The number of ether oxygens (including phenoxy) is 3. The first-order valence-corrected chi connectivity index (χ1v) is 15.0. The van der Waals surface area contributed by atoms with Crippen molar-refractivity contribution in [2.24, 2.45) is 0 Å². The summed E-state index contributed by atoms with van der Waals surface area (Å²) in [5.41, 5.74) is 3.69. The standard InChI is InChI=1S/C36H40N2O7/c1-36(2,3)45-35(42)38-31(32(39)20-21-33(40)37-30-11-7-9-26-8-5-6-10-29(26)30)22-24-14-18-28(19-15-24)44-23-25-12-16-27(17-13-25)34(41)43-4/h5-6,8,10,12-21,30-31H,7,9,11,22-23H2,1-4H3,(H,37,40)(H,38,42)/b21-20+/t30-,31?/m1/s1. The van der Waals surface area contributed by atoms with Gasteiger partial charge in [0, 0.05) is 12.5 Å². The topological polar surface area (TPSA) is 120 Å². The average Bonchev–Trinajstić information content (AvgIpc) is 3.02. The molecule has 0 fully saturated rings. The number of methoxy groups -OCH3 is 1. The molecule has 1 aliphatic rings. The van der Waals surface area contributed by atoms with E-state index in [1.807, 2.05) is 30.3 Å². The summed E-state index contributed by atoms with van der Waals surface area (Å²) < 4.78 is 16.0. The maximum atomic E-state index is 13.3. The van der Waals surface area contributed by atoms with Gasteiger partial charge in [0.15, 0.2) is 5.78 Å². The summed E-state index contributed by atoms with van der Waals surface area (Å²) in [4.78, 5) is 50.3. The molecule has 9 nitrogen and oxygen atoms in total. The fourth-order valence-corrected chi connectivity index (χ4v) is 5.05. The highest BCUT2D eigenvalue weighted by Gasteiger charge is 2.24. The van der Waals surface area contributed by atoms with Crippen LogP contribution in [0.4, 0.5) is 4.79 Å². The molecule has 0 bridgehead atoms. The van der Waals surface area contributed by atoms with E-state index in [4.69, 9.17) is 14.2 Å². The quantitative estimate of drug-likeness (QED) is 0.207. The second-order valence-electron chi connectivity index (χ2n) is 11.9. The van der Waals surface area contributed by atoms with Crippen molar-refractivity contribution in [3.8, 4) is 5.75 Å². The van der Waals surface area contributed by atoms with Gasteiger partial charge in [0.2, 0.25) is 5.91 Å². The molecule has 45 heavy (non-hydrogen) atoms. The molecular weight excluding hydrogens is 572 g/mol. The van der Waals surface area contributed by atoms with Crippen LogP contribution in [0.3, 0.4) is 0 Å². The van der Waals surface area contributed by atoms with Crippen molar-refractivity contribution in [3.63, 3.8) is 0 Å². The second-order valence-corrected chi connectivity index (χ2v) is 11.9. The van der Waals surface area contributed by atoms with Crippen molar-refractivity contribution in [3.05, 3.63) is 113 Å². The van der Waals surface area contributed by atoms with Gasteiger partial charge in [-0.2, -0.15) is 0 Å². The molecule has 236 valence electrons. The monoisotopic (exact) mass is 612 g/mol. The van der Waals surface area contributed by atoms with Gasteiger partial charge < -0.3 is 24.8 Å². The van der Waals surface area contributed by atoms with E-state index in [9.17, 15) is 19.2 Å². The second kappa shape index (κ2) is 15.2. The molecule has 0 aliphatic heterocycles. The number of ketones is 1. The van der Waals surface area contributed by atoms with Gasteiger partial charge in [-0.25, -0.2) is 9.59 Å². The summed E-state index contributed by atoms with van der Waals surface area (Å²) in [6.45, 7) is 5.51. The maximum absolute atomic E-state index is 13.3. The zero-order valence-electron chi connectivity index (χ0n) is 26.1. The number of hydrogen-bond acceptors (Lipinski definition) is 7. The zero-order chi connectivity index (χ0) is 32.4. The van der Waals surface area contributed by atoms with E-state index in [1.54, 1.807) is 57.2 Å². The van der Waals surface area contributed by atoms with Crippen molar-refractivity contribution in [1.29, 1.82) is 0 Å². The number of benzene rings is 3. The highest BCUT2D eigenvalue weighted by molar-refractivity contribution is 6.01. The predicted molar refractivity (Wildman–Crippen MR) is 170 cm³/mol. The summed E-state index contributed by atoms with van der Waals surface area (Å²) in [5, 5.41) is 5.67. The van der Waals surface area contributed by atoms with Gasteiger partial charge in [-0.1, -0.05) is 48.5 Å². The predicted octanol–water partition coefficient (Wildman–Crippen LogP) is 5.81. The fourth-order valence-electron chi connectivity index (χ4n) is 5.05. The van der Waals surface area contributed by atoms with Gasteiger partial charge in [0.25, 0.3) is 0 Å².